The minimum Gasteiger partial charge on any atom is -0.508 e. The molecule has 3 N–H and O–H groups in total. The van der Waals surface area contributed by atoms with Gasteiger partial charge in [-0.2, -0.15) is 0 Å². The number of amides is 1. The Kier molecular flexibility index (Phi) is 6.01. The first-order valence-electron chi connectivity index (χ1n) is 9.06. The molecular formula is C21H21ClFNO4. The van der Waals surface area contributed by atoms with Crippen LogP contribution in [0.4, 0.5) is 4.39 Å². The number of aliphatic hydroxyl groups is 1. The molecule has 3 rings (SSSR count). The van der Waals surface area contributed by atoms with Crippen molar-refractivity contribution in [2.75, 3.05) is 0 Å². The van der Waals surface area contributed by atoms with E-state index in [1.54, 1.807) is 18.2 Å². The molecule has 1 fully saturated rings. The third-order valence-corrected chi connectivity index (χ3v) is 5.35. The summed E-state index contributed by atoms with van der Waals surface area (Å²) in [6.07, 6.45) is 0.931. The summed E-state index contributed by atoms with van der Waals surface area (Å²) in [4.78, 5) is 25.1. The number of phenols is 1. The summed E-state index contributed by atoms with van der Waals surface area (Å²) in [5, 5.41) is 23.1. The lowest BCUT2D eigenvalue weighted by Gasteiger charge is -2.24. The number of carbonyl (C=O) groups excluding carboxylic acids is 2. The van der Waals surface area contributed by atoms with Crippen LogP contribution in [-0.2, 0) is 16.1 Å². The summed E-state index contributed by atoms with van der Waals surface area (Å²) in [5.74, 6) is -1.77. The van der Waals surface area contributed by atoms with Gasteiger partial charge in [0.25, 0.3) is 5.91 Å². The predicted molar refractivity (Wildman–Crippen MR) is 103 cm³/mol. The Morgan fingerprint density at radius 2 is 2.04 bits per heavy atom. The maximum Gasteiger partial charge on any atom is 0.260 e. The maximum atomic E-state index is 13.4. The number of phenolic OH excluding ortho intramolecular Hbond substituents is 1. The third kappa shape index (κ3) is 4.51. The molecule has 0 aliphatic heterocycles. The highest BCUT2D eigenvalue weighted by molar-refractivity contribution is 6.30. The van der Waals surface area contributed by atoms with Crippen molar-refractivity contribution < 1.29 is 24.2 Å². The van der Waals surface area contributed by atoms with Gasteiger partial charge in [0.1, 0.15) is 11.6 Å². The molecule has 0 spiro atoms. The SMILES string of the molecule is O=C1CCC(c2cccc(O)c2)CCC1(O)C(=O)NCc1cc(F)cc(Cl)c1. The van der Waals surface area contributed by atoms with Crippen LogP contribution < -0.4 is 5.32 Å². The first-order valence-corrected chi connectivity index (χ1v) is 9.43. The Labute approximate surface area is 167 Å². The van der Waals surface area contributed by atoms with E-state index in [1.807, 2.05) is 6.07 Å². The number of rotatable bonds is 4. The number of hydrogen-bond donors (Lipinski definition) is 3. The lowest BCUT2D eigenvalue weighted by molar-refractivity contribution is -0.152. The van der Waals surface area contributed by atoms with Gasteiger partial charge in [-0.25, -0.2) is 4.39 Å². The predicted octanol–water partition coefficient (Wildman–Crippen LogP) is 3.46. The lowest BCUT2D eigenvalue weighted by Crippen LogP contribution is -2.52. The van der Waals surface area contributed by atoms with Crippen molar-refractivity contribution in [3.63, 3.8) is 0 Å². The minimum atomic E-state index is -2.12. The van der Waals surface area contributed by atoms with Crippen LogP contribution in [0.2, 0.25) is 5.02 Å². The van der Waals surface area contributed by atoms with Crippen molar-refractivity contribution in [1.29, 1.82) is 0 Å². The first kappa shape index (κ1) is 20.3. The fraction of sp³-hybridized carbons (Fsp3) is 0.333. The van der Waals surface area contributed by atoms with Crippen LogP contribution in [0.15, 0.2) is 42.5 Å². The molecule has 7 heteroatoms. The number of halogens is 2. The summed E-state index contributed by atoms with van der Waals surface area (Å²) in [5.41, 5.74) is -0.824. The molecule has 148 valence electrons. The van der Waals surface area contributed by atoms with E-state index < -0.39 is 23.1 Å². The molecule has 0 saturated heterocycles. The molecular weight excluding hydrogens is 385 g/mol. The highest BCUT2D eigenvalue weighted by Crippen LogP contribution is 2.35. The number of Topliss-reactive ketones (excluding diaryl/α,β-unsaturated/α-hetero) is 1. The minimum absolute atomic E-state index is 0.0259. The van der Waals surface area contributed by atoms with E-state index in [4.69, 9.17) is 11.6 Å². The van der Waals surface area contributed by atoms with Crippen molar-refractivity contribution in [2.45, 2.75) is 43.7 Å². The molecule has 28 heavy (non-hydrogen) atoms. The number of aromatic hydroxyl groups is 1. The molecule has 1 saturated carbocycles. The largest absolute Gasteiger partial charge is 0.508 e. The van der Waals surface area contributed by atoms with E-state index in [2.05, 4.69) is 5.32 Å². The quantitative estimate of drug-likeness (QED) is 0.537. The molecule has 0 radical (unpaired) electrons. The standard InChI is InChI=1S/C21H21ClFNO4/c22-16-8-13(9-17(23)11-16)12-24-20(27)21(28)7-6-14(4-5-19(21)26)15-2-1-3-18(25)10-15/h1-3,8-11,14,25,28H,4-7,12H2,(H,24,27). The van der Waals surface area contributed by atoms with E-state index in [9.17, 15) is 24.2 Å². The molecule has 2 aromatic carbocycles. The monoisotopic (exact) mass is 405 g/mol. The second kappa shape index (κ2) is 8.29. The fourth-order valence-electron chi connectivity index (χ4n) is 3.57. The van der Waals surface area contributed by atoms with Gasteiger partial charge in [0.2, 0.25) is 5.60 Å². The molecule has 2 aromatic rings. The van der Waals surface area contributed by atoms with E-state index in [1.165, 1.54) is 12.1 Å². The lowest BCUT2D eigenvalue weighted by atomic mass is 9.89. The normalized spacial score (nSPS) is 22.5. The van der Waals surface area contributed by atoms with Crippen LogP contribution >= 0.6 is 11.6 Å². The van der Waals surface area contributed by atoms with E-state index in [0.717, 1.165) is 11.6 Å². The zero-order valence-corrected chi connectivity index (χ0v) is 15.9. The van der Waals surface area contributed by atoms with Gasteiger partial charge in [-0.3, -0.25) is 9.59 Å². The molecule has 1 aliphatic rings. The fourth-order valence-corrected chi connectivity index (χ4v) is 3.82. The number of hydrogen-bond acceptors (Lipinski definition) is 4. The molecule has 1 aliphatic carbocycles. The Hall–Kier alpha value is -2.44. The van der Waals surface area contributed by atoms with Gasteiger partial charge in [0.15, 0.2) is 5.78 Å². The number of benzene rings is 2. The summed E-state index contributed by atoms with van der Waals surface area (Å²) in [6, 6.07) is 10.6. The van der Waals surface area contributed by atoms with Gasteiger partial charge >= 0.3 is 0 Å². The number of carbonyl (C=O) groups is 2. The molecule has 0 heterocycles. The smallest absolute Gasteiger partial charge is 0.260 e. The topological polar surface area (TPSA) is 86.6 Å². The van der Waals surface area contributed by atoms with Gasteiger partial charge in [-0.1, -0.05) is 23.7 Å². The highest BCUT2D eigenvalue weighted by atomic mass is 35.5. The summed E-state index contributed by atoms with van der Waals surface area (Å²) in [6.45, 7) is -0.0537. The Morgan fingerprint density at radius 1 is 1.25 bits per heavy atom. The summed E-state index contributed by atoms with van der Waals surface area (Å²) in [7, 11) is 0. The van der Waals surface area contributed by atoms with Crippen LogP contribution in [0.5, 0.6) is 5.75 Å². The van der Waals surface area contributed by atoms with Crippen LogP contribution in [-0.4, -0.2) is 27.5 Å². The molecule has 5 nitrogen and oxygen atoms in total. The van der Waals surface area contributed by atoms with Crippen molar-refractivity contribution in [3.8, 4) is 5.75 Å². The van der Waals surface area contributed by atoms with Crippen LogP contribution in [0.1, 0.15) is 42.7 Å². The van der Waals surface area contributed by atoms with Crippen LogP contribution in [0.3, 0.4) is 0 Å². The second-order valence-electron chi connectivity index (χ2n) is 7.11. The molecule has 1 amide bonds. The first-order chi connectivity index (χ1) is 13.3. The van der Waals surface area contributed by atoms with Crippen LogP contribution in [0, 0.1) is 5.82 Å². The van der Waals surface area contributed by atoms with Crippen molar-refractivity contribution >= 4 is 23.3 Å². The highest BCUT2D eigenvalue weighted by Gasteiger charge is 2.45. The second-order valence-corrected chi connectivity index (χ2v) is 7.55. The molecule has 2 atom stereocenters. The van der Waals surface area contributed by atoms with Crippen molar-refractivity contribution in [2.24, 2.45) is 0 Å². The van der Waals surface area contributed by atoms with Gasteiger partial charge < -0.3 is 15.5 Å². The third-order valence-electron chi connectivity index (χ3n) is 5.13. The summed E-state index contributed by atoms with van der Waals surface area (Å²) >= 11 is 5.80. The van der Waals surface area contributed by atoms with Gasteiger partial charge in [0, 0.05) is 18.0 Å². The average molecular weight is 406 g/mol. The summed E-state index contributed by atoms with van der Waals surface area (Å²) < 4.78 is 13.4. The maximum absolute atomic E-state index is 13.4. The Morgan fingerprint density at radius 3 is 2.75 bits per heavy atom. The number of ketones is 1. The zero-order valence-electron chi connectivity index (χ0n) is 15.1. The number of nitrogens with one attached hydrogen (secondary N) is 1. The van der Waals surface area contributed by atoms with Crippen molar-refractivity contribution in [3.05, 3.63) is 64.4 Å². The van der Waals surface area contributed by atoms with E-state index >= 15 is 0 Å². The van der Waals surface area contributed by atoms with Gasteiger partial charge in [-0.15, -0.1) is 0 Å². The molecule has 0 bridgehead atoms. The Bertz CT molecular complexity index is 883. The van der Waals surface area contributed by atoms with Crippen molar-refractivity contribution in [1.82, 2.24) is 5.32 Å². The molecule has 0 aromatic heterocycles. The van der Waals surface area contributed by atoms with Gasteiger partial charge in [-0.05, 0) is 66.6 Å². The van der Waals surface area contributed by atoms with Gasteiger partial charge in [0.05, 0.1) is 0 Å². The average Bonchev–Trinajstić information content (AvgIpc) is 2.79. The van der Waals surface area contributed by atoms with E-state index in [-0.39, 0.29) is 36.1 Å². The van der Waals surface area contributed by atoms with E-state index in [0.29, 0.717) is 18.4 Å². The van der Waals surface area contributed by atoms with Crippen LogP contribution in [0.25, 0.3) is 0 Å². The molecule has 2 unspecified atom stereocenters. The Balaban J connectivity index is 1.69. The zero-order chi connectivity index (χ0) is 20.3.